The zero-order valence-corrected chi connectivity index (χ0v) is 22.4. The van der Waals surface area contributed by atoms with Crippen molar-refractivity contribution in [1.82, 2.24) is 0 Å². The highest BCUT2D eigenvalue weighted by Gasteiger charge is 2.59. The van der Waals surface area contributed by atoms with Crippen molar-refractivity contribution in [1.29, 1.82) is 0 Å². The minimum absolute atomic E-state index is 0.0766. The third-order valence-electron chi connectivity index (χ3n) is 10.6. The normalized spacial score (nSPS) is 40.6. The number of aliphatic carboxylic acids is 1. The largest absolute Gasteiger partial charge is 0.481 e. The number of aliphatic hydroxyl groups is 1. The maximum Gasteiger partial charge on any atom is 0.303 e. The van der Waals surface area contributed by atoms with Crippen molar-refractivity contribution >= 4 is 5.97 Å². The average Bonchev–Trinajstić information content (AvgIpc) is 3.11. The van der Waals surface area contributed by atoms with E-state index < -0.39 is 5.97 Å². The molecule has 2 N–H and O–H groups in total. The second-order valence-electron chi connectivity index (χ2n) is 12.9. The fourth-order valence-corrected chi connectivity index (χ4v) is 8.67. The molecule has 3 fully saturated rings. The Labute approximate surface area is 203 Å². The Morgan fingerprint density at radius 2 is 1.76 bits per heavy atom. The standard InChI is InChI=1S/C27H46O.C3H6O2/c1-18(2)7-6-8-19(3)23-11-12-24-22-10-9-20-17-21(28)13-15-26(20,4)25(22)14-16-27(23,24)5;1-2-3(4)5/h9,18-19,21-25,28H,6-8,10-17H2,1-5H3;2H2,1H3,(H,4,5)/t19-,21+,22+,23-,24+,25+,26+,27-;/m1./s1. The predicted molar refractivity (Wildman–Crippen MR) is 137 cm³/mol. The van der Waals surface area contributed by atoms with Gasteiger partial charge in [0.05, 0.1) is 6.10 Å². The number of aliphatic hydroxyl groups excluding tert-OH is 1. The van der Waals surface area contributed by atoms with Gasteiger partial charge in [-0.25, -0.2) is 0 Å². The molecule has 4 rings (SSSR count). The van der Waals surface area contributed by atoms with E-state index in [0.717, 1.165) is 48.3 Å². The smallest absolute Gasteiger partial charge is 0.303 e. The average molecular weight is 461 g/mol. The summed E-state index contributed by atoms with van der Waals surface area (Å²) in [7, 11) is 0. The van der Waals surface area contributed by atoms with E-state index in [2.05, 4.69) is 40.7 Å². The van der Waals surface area contributed by atoms with Crippen LogP contribution < -0.4 is 0 Å². The van der Waals surface area contributed by atoms with E-state index in [-0.39, 0.29) is 12.5 Å². The Morgan fingerprint density at radius 1 is 1.06 bits per heavy atom. The molecule has 0 aromatic rings. The van der Waals surface area contributed by atoms with Crippen molar-refractivity contribution in [2.24, 2.45) is 46.3 Å². The van der Waals surface area contributed by atoms with Crippen molar-refractivity contribution in [3.63, 3.8) is 0 Å². The topological polar surface area (TPSA) is 57.5 Å². The SMILES string of the molecule is CC(C)CCC[C@@H](C)[C@H]1CC[C@H]2[C@@H]3CC=C4C[C@@H](O)CC[C@]4(C)[C@H]3CC[C@]12C.CCC(=O)O. The zero-order chi connectivity index (χ0) is 24.4. The molecule has 190 valence electrons. The number of carboxylic acids is 1. The van der Waals surface area contributed by atoms with Crippen LogP contribution >= 0.6 is 0 Å². The predicted octanol–water partition coefficient (Wildman–Crippen LogP) is 7.87. The van der Waals surface area contributed by atoms with Gasteiger partial charge in [0, 0.05) is 6.42 Å². The second kappa shape index (κ2) is 10.8. The van der Waals surface area contributed by atoms with Crippen molar-refractivity contribution in [2.75, 3.05) is 0 Å². The van der Waals surface area contributed by atoms with Crippen molar-refractivity contribution in [3.05, 3.63) is 11.6 Å². The van der Waals surface area contributed by atoms with E-state index in [0.29, 0.717) is 10.8 Å². The molecular formula is C30H52O3. The summed E-state index contributed by atoms with van der Waals surface area (Å²) in [5.41, 5.74) is 2.60. The first-order chi connectivity index (χ1) is 15.5. The number of hydrogen-bond donors (Lipinski definition) is 2. The van der Waals surface area contributed by atoms with Gasteiger partial charge in [0.25, 0.3) is 0 Å². The lowest BCUT2D eigenvalue weighted by Crippen LogP contribution is -2.50. The van der Waals surface area contributed by atoms with Crippen molar-refractivity contribution < 1.29 is 15.0 Å². The maximum atomic E-state index is 10.2. The van der Waals surface area contributed by atoms with Crippen molar-refractivity contribution in [3.8, 4) is 0 Å². The molecule has 0 aliphatic heterocycles. The van der Waals surface area contributed by atoms with Gasteiger partial charge in [-0.05, 0) is 97.7 Å². The van der Waals surface area contributed by atoms with Crippen molar-refractivity contribution in [2.45, 2.75) is 125 Å². The number of carbonyl (C=O) groups is 1. The fourth-order valence-electron chi connectivity index (χ4n) is 8.67. The van der Waals surface area contributed by atoms with E-state index in [1.807, 2.05) is 0 Å². The Morgan fingerprint density at radius 3 is 2.39 bits per heavy atom. The molecule has 3 saturated carbocycles. The van der Waals surface area contributed by atoms with Gasteiger partial charge in [0.15, 0.2) is 0 Å². The van der Waals surface area contributed by atoms with Gasteiger partial charge in [-0.1, -0.05) is 72.5 Å². The van der Waals surface area contributed by atoms with Crippen LogP contribution in [0.5, 0.6) is 0 Å². The fraction of sp³-hybridized carbons (Fsp3) is 0.900. The number of fused-ring (bicyclic) bond motifs is 5. The lowest BCUT2D eigenvalue weighted by Gasteiger charge is -2.58. The van der Waals surface area contributed by atoms with Gasteiger partial charge in [0.1, 0.15) is 0 Å². The third-order valence-corrected chi connectivity index (χ3v) is 10.6. The summed E-state index contributed by atoms with van der Waals surface area (Å²) < 4.78 is 0. The molecule has 33 heavy (non-hydrogen) atoms. The van der Waals surface area contributed by atoms with Gasteiger partial charge in [-0.3, -0.25) is 4.79 Å². The molecular weight excluding hydrogens is 408 g/mol. The highest BCUT2D eigenvalue weighted by atomic mass is 16.4. The molecule has 3 heteroatoms. The van der Waals surface area contributed by atoms with Gasteiger partial charge in [-0.2, -0.15) is 0 Å². The summed E-state index contributed by atoms with van der Waals surface area (Å²) >= 11 is 0. The summed E-state index contributed by atoms with van der Waals surface area (Å²) in [6.45, 7) is 14.2. The van der Waals surface area contributed by atoms with E-state index in [1.54, 1.807) is 12.5 Å². The quantitative estimate of drug-likeness (QED) is 0.396. The molecule has 0 aromatic heterocycles. The molecule has 0 bridgehead atoms. The highest BCUT2D eigenvalue weighted by Crippen LogP contribution is 2.67. The third kappa shape index (κ3) is 5.54. The first kappa shape index (κ1) is 26.8. The number of hydrogen-bond acceptors (Lipinski definition) is 2. The van der Waals surface area contributed by atoms with Gasteiger partial charge < -0.3 is 10.2 Å². The molecule has 4 aliphatic carbocycles. The minimum atomic E-state index is -0.745. The van der Waals surface area contributed by atoms with Crippen LogP contribution in [0.3, 0.4) is 0 Å². The Kier molecular flexibility index (Phi) is 8.79. The van der Waals surface area contributed by atoms with E-state index in [4.69, 9.17) is 5.11 Å². The monoisotopic (exact) mass is 460 g/mol. The lowest BCUT2D eigenvalue weighted by atomic mass is 9.47. The molecule has 0 amide bonds. The second-order valence-corrected chi connectivity index (χ2v) is 12.9. The van der Waals surface area contributed by atoms with Crippen LogP contribution in [0.2, 0.25) is 0 Å². The number of rotatable bonds is 6. The summed E-state index contributed by atoms with van der Waals surface area (Å²) in [6.07, 6.45) is 17.4. The molecule has 0 unspecified atom stereocenters. The van der Waals surface area contributed by atoms with Crippen LogP contribution in [0.15, 0.2) is 11.6 Å². The lowest BCUT2D eigenvalue weighted by molar-refractivity contribution is -0.136. The first-order valence-electron chi connectivity index (χ1n) is 14.1. The Balaban J connectivity index is 0.000000555. The first-order valence-corrected chi connectivity index (χ1v) is 14.1. The van der Waals surface area contributed by atoms with Crippen LogP contribution in [-0.4, -0.2) is 22.3 Å². The minimum Gasteiger partial charge on any atom is -0.481 e. The van der Waals surface area contributed by atoms with Gasteiger partial charge >= 0.3 is 5.97 Å². The molecule has 0 spiro atoms. The van der Waals surface area contributed by atoms with Crippen LogP contribution in [-0.2, 0) is 4.79 Å². The molecule has 0 heterocycles. The molecule has 0 saturated heterocycles. The Hall–Kier alpha value is -0.830. The summed E-state index contributed by atoms with van der Waals surface area (Å²) in [5.74, 6) is 4.71. The van der Waals surface area contributed by atoms with Crippen LogP contribution in [0.1, 0.15) is 119 Å². The summed E-state index contributed by atoms with van der Waals surface area (Å²) in [5, 5.41) is 17.9. The summed E-state index contributed by atoms with van der Waals surface area (Å²) in [4.78, 5) is 9.37. The van der Waals surface area contributed by atoms with Crippen LogP contribution in [0.25, 0.3) is 0 Å². The van der Waals surface area contributed by atoms with E-state index in [1.165, 1.54) is 57.8 Å². The van der Waals surface area contributed by atoms with Gasteiger partial charge in [-0.15, -0.1) is 0 Å². The van der Waals surface area contributed by atoms with Crippen LogP contribution in [0, 0.1) is 46.3 Å². The molecule has 3 nitrogen and oxygen atoms in total. The van der Waals surface area contributed by atoms with Gasteiger partial charge in [0.2, 0.25) is 0 Å². The number of allylic oxidation sites excluding steroid dienone is 1. The molecule has 4 aliphatic rings. The van der Waals surface area contributed by atoms with Crippen LogP contribution in [0.4, 0.5) is 0 Å². The maximum absolute atomic E-state index is 10.2. The summed E-state index contributed by atoms with van der Waals surface area (Å²) in [6, 6.07) is 0. The highest BCUT2D eigenvalue weighted by molar-refractivity contribution is 5.66. The zero-order valence-electron chi connectivity index (χ0n) is 22.4. The molecule has 0 radical (unpaired) electrons. The molecule has 8 atom stereocenters. The Bertz CT molecular complexity index is 697. The molecule has 0 aromatic carbocycles. The number of carboxylic acid groups (broad SMARTS) is 1. The van der Waals surface area contributed by atoms with E-state index >= 15 is 0 Å². The van der Waals surface area contributed by atoms with E-state index in [9.17, 15) is 9.90 Å².